The molecule has 0 heterocycles. The molecule has 0 spiro atoms. The minimum absolute atomic E-state index is 0.461. The van der Waals surface area contributed by atoms with Crippen LogP contribution >= 0.6 is 0 Å². The lowest BCUT2D eigenvalue weighted by Crippen LogP contribution is -2.28. The van der Waals surface area contributed by atoms with Crippen LogP contribution < -0.4 is 0 Å². The highest BCUT2D eigenvalue weighted by molar-refractivity contribution is 5.75. The molecular weight excluding hydrogens is 188 g/mol. The molecule has 2 atom stereocenters. The molecule has 2 nitrogen and oxygen atoms in total. The first-order valence-electron chi connectivity index (χ1n) is 5.81. The smallest absolute Gasteiger partial charge is 0.309 e. The lowest BCUT2D eigenvalue weighted by atomic mass is 9.80. The molecule has 0 aromatic heterocycles. The minimum atomic E-state index is -0.615. The van der Waals surface area contributed by atoms with Gasteiger partial charge in [0.15, 0.2) is 0 Å². The van der Waals surface area contributed by atoms with Gasteiger partial charge in [-0.05, 0) is 38.0 Å². The fraction of sp³-hybridized carbons (Fsp3) is 0.769. The molecule has 0 aliphatic heterocycles. The Balaban J connectivity index is 2.57. The number of hydrogen-bond donors (Lipinski definition) is 1. The number of carboxylic acid groups (broad SMARTS) is 1. The van der Waals surface area contributed by atoms with Gasteiger partial charge in [-0.25, -0.2) is 0 Å². The number of rotatable bonds is 5. The fourth-order valence-corrected chi connectivity index (χ4v) is 2.64. The van der Waals surface area contributed by atoms with Crippen molar-refractivity contribution in [1.29, 1.82) is 0 Å². The van der Waals surface area contributed by atoms with Gasteiger partial charge in [0.2, 0.25) is 0 Å². The van der Waals surface area contributed by atoms with Gasteiger partial charge in [0.1, 0.15) is 0 Å². The highest BCUT2D eigenvalue weighted by Crippen LogP contribution is 2.46. The molecule has 1 aliphatic carbocycles. The Morgan fingerprint density at radius 1 is 1.67 bits per heavy atom. The van der Waals surface area contributed by atoms with Crippen molar-refractivity contribution in [3.8, 4) is 12.3 Å². The fourth-order valence-electron chi connectivity index (χ4n) is 2.64. The second kappa shape index (κ2) is 5.21. The molecule has 0 radical (unpaired) electrons. The number of unbranched alkanes of at least 4 members (excludes halogenated alkanes) is 1. The van der Waals surface area contributed by atoms with Crippen molar-refractivity contribution >= 4 is 5.97 Å². The van der Waals surface area contributed by atoms with E-state index < -0.39 is 11.4 Å². The van der Waals surface area contributed by atoms with Crippen molar-refractivity contribution < 1.29 is 9.90 Å². The van der Waals surface area contributed by atoms with Gasteiger partial charge in [-0.3, -0.25) is 4.79 Å². The van der Waals surface area contributed by atoms with Gasteiger partial charge in [0.25, 0.3) is 0 Å². The van der Waals surface area contributed by atoms with Crippen LogP contribution in [0, 0.1) is 23.7 Å². The van der Waals surface area contributed by atoms with E-state index in [1.165, 1.54) is 0 Å². The zero-order valence-corrected chi connectivity index (χ0v) is 9.46. The number of carboxylic acids is 1. The molecule has 0 aromatic rings. The molecule has 1 N–H and O–H groups in total. The normalized spacial score (nSPS) is 30.0. The molecule has 1 fully saturated rings. The van der Waals surface area contributed by atoms with Crippen LogP contribution in [0.15, 0.2) is 0 Å². The second-order valence-electron chi connectivity index (χ2n) is 4.66. The Morgan fingerprint density at radius 3 is 2.87 bits per heavy atom. The SMILES string of the molecule is C#CCCCC1(C(=O)O)CCC(CC)C1. The van der Waals surface area contributed by atoms with E-state index in [-0.39, 0.29) is 0 Å². The highest BCUT2D eigenvalue weighted by Gasteiger charge is 2.44. The van der Waals surface area contributed by atoms with Gasteiger partial charge in [0, 0.05) is 6.42 Å². The molecule has 1 rings (SSSR count). The van der Waals surface area contributed by atoms with Crippen LogP contribution in [-0.2, 0) is 4.79 Å². The molecule has 15 heavy (non-hydrogen) atoms. The Bertz CT molecular complexity index is 264. The third-order valence-electron chi connectivity index (χ3n) is 3.72. The van der Waals surface area contributed by atoms with Crippen LogP contribution in [0.1, 0.15) is 51.9 Å². The molecule has 2 unspecified atom stereocenters. The predicted octanol–water partition coefficient (Wildman–Crippen LogP) is 3.07. The molecule has 1 aliphatic rings. The van der Waals surface area contributed by atoms with E-state index in [2.05, 4.69) is 12.8 Å². The van der Waals surface area contributed by atoms with E-state index in [1.807, 2.05) is 0 Å². The van der Waals surface area contributed by atoms with Gasteiger partial charge in [-0.2, -0.15) is 0 Å². The van der Waals surface area contributed by atoms with Crippen molar-refractivity contribution in [2.24, 2.45) is 11.3 Å². The molecule has 2 heteroatoms. The molecule has 1 saturated carbocycles. The van der Waals surface area contributed by atoms with Crippen LogP contribution in [0.5, 0.6) is 0 Å². The van der Waals surface area contributed by atoms with Gasteiger partial charge >= 0.3 is 5.97 Å². The maximum atomic E-state index is 11.3. The van der Waals surface area contributed by atoms with Crippen LogP contribution in [0.3, 0.4) is 0 Å². The van der Waals surface area contributed by atoms with Gasteiger partial charge in [0.05, 0.1) is 5.41 Å². The summed E-state index contributed by atoms with van der Waals surface area (Å²) >= 11 is 0. The van der Waals surface area contributed by atoms with Gasteiger partial charge < -0.3 is 5.11 Å². The Morgan fingerprint density at radius 2 is 2.40 bits per heavy atom. The van der Waals surface area contributed by atoms with E-state index in [9.17, 15) is 9.90 Å². The Hall–Kier alpha value is -0.970. The zero-order chi connectivity index (χ0) is 11.3. The van der Waals surface area contributed by atoms with Crippen LogP contribution in [0.4, 0.5) is 0 Å². The maximum absolute atomic E-state index is 11.3. The van der Waals surface area contributed by atoms with Gasteiger partial charge in [-0.15, -0.1) is 12.3 Å². The van der Waals surface area contributed by atoms with Crippen LogP contribution in [0.25, 0.3) is 0 Å². The first-order valence-corrected chi connectivity index (χ1v) is 5.81. The monoisotopic (exact) mass is 208 g/mol. The largest absolute Gasteiger partial charge is 0.481 e. The topological polar surface area (TPSA) is 37.3 Å². The summed E-state index contributed by atoms with van der Waals surface area (Å²) in [5.41, 5.74) is -0.461. The average molecular weight is 208 g/mol. The molecule has 84 valence electrons. The Labute approximate surface area is 92.1 Å². The molecule has 0 bridgehead atoms. The first kappa shape index (κ1) is 12.1. The summed E-state index contributed by atoms with van der Waals surface area (Å²) in [6, 6.07) is 0. The van der Waals surface area contributed by atoms with E-state index >= 15 is 0 Å². The lowest BCUT2D eigenvalue weighted by molar-refractivity contribution is -0.149. The third-order valence-corrected chi connectivity index (χ3v) is 3.72. The molecule has 0 saturated heterocycles. The quantitative estimate of drug-likeness (QED) is 0.557. The van der Waals surface area contributed by atoms with Crippen LogP contribution in [0.2, 0.25) is 0 Å². The van der Waals surface area contributed by atoms with E-state index in [1.54, 1.807) is 0 Å². The van der Waals surface area contributed by atoms with Gasteiger partial charge in [-0.1, -0.05) is 13.3 Å². The third kappa shape index (κ3) is 2.75. The summed E-state index contributed by atoms with van der Waals surface area (Å²) in [5, 5.41) is 9.32. The van der Waals surface area contributed by atoms with Crippen molar-refractivity contribution in [1.82, 2.24) is 0 Å². The predicted molar refractivity (Wildman–Crippen MR) is 60.4 cm³/mol. The van der Waals surface area contributed by atoms with Crippen molar-refractivity contribution in [2.45, 2.75) is 51.9 Å². The van der Waals surface area contributed by atoms with E-state index in [0.29, 0.717) is 12.3 Å². The zero-order valence-electron chi connectivity index (χ0n) is 9.46. The second-order valence-corrected chi connectivity index (χ2v) is 4.66. The van der Waals surface area contributed by atoms with Crippen LogP contribution in [-0.4, -0.2) is 11.1 Å². The molecule has 0 amide bonds. The number of carbonyl (C=O) groups is 1. The van der Waals surface area contributed by atoms with E-state index in [4.69, 9.17) is 6.42 Å². The summed E-state index contributed by atoms with van der Waals surface area (Å²) in [7, 11) is 0. The summed E-state index contributed by atoms with van der Waals surface area (Å²) < 4.78 is 0. The lowest BCUT2D eigenvalue weighted by Gasteiger charge is -2.23. The van der Waals surface area contributed by atoms with Crippen molar-refractivity contribution in [3.05, 3.63) is 0 Å². The summed E-state index contributed by atoms with van der Waals surface area (Å²) in [5.74, 6) is 2.57. The van der Waals surface area contributed by atoms with Crippen molar-refractivity contribution in [2.75, 3.05) is 0 Å². The summed E-state index contributed by atoms with van der Waals surface area (Å²) in [6.07, 6.45) is 11.3. The minimum Gasteiger partial charge on any atom is -0.481 e. The number of hydrogen-bond acceptors (Lipinski definition) is 1. The maximum Gasteiger partial charge on any atom is 0.309 e. The molecule has 0 aromatic carbocycles. The standard InChI is InChI=1S/C13H20O2/c1-3-5-6-8-13(12(14)15)9-7-11(4-2)10-13/h1,11H,4-10H2,2H3,(H,14,15). The number of aliphatic carboxylic acids is 1. The summed E-state index contributed by atoms with van der Waals surface area (Å²) in [6.45, 7) is 2.14. The summed E-state index contributed by atoms with van der Waals surface area (Å²) in [4.78, 5) is 11.3. The first-order chi connectivity index (χ1) is 7.14. The highest BCUT2D eigenvalue weighted by atomic mass is 16.4. The molecular formula is C13H20O2. The van der Waals surface area contributed by atoms with E-state index in [0.717, 1.165) is 38.5 Å². The number of terminal acetylenes is 1. The average Bonchev–Trinajstić information content (AvgIpc) is 2.63. The van der Waals surface area contributed by atoms with Crippen molar-refractivity contribution in [3.63, 3.8) is 0 Å². The Kier molecular flexibility index (Phi) is 4.20.